The lowest BCUT2D eigenvalue weighted by molar-refractivity contribution is -0.139. The van der Waals surface area contributed by atoms with E-state index in [1.54, 1.807) is 17.0 Å². The fourth-order valence-corrected chi connectivity index (χ4v) is 3.86. The molecule has 10 nitrogen and oxygen atoms in total. The molecule has 0 bridgehead atoms. The first-order valence-electron chi connectivity index (χ1n) is 11.5. The number of hydrogen-bond donors (Lipinski definition) is 2. The Labute approximate surface area is 218 Å². The van der Waals surface area contributed by atoms with Gasteiger partial charge < -0.3 is 24.4 Å². The van der Waals surface area contributed by atoms with Crippen molar-refractivity contribution in [1.82, 2.24) is 15.6 Å². The predicted octanol–water partition coefficient (Wildman–Crippen LogP) is 2.16. The Hall–Kier alpha value is -3.44. The second-order valence-electron chi connectivity index (χ2n) is 7.91. The van der Waals surface area contributed by atoms with Gasteiger partial charge >= 0.3 is 11.8 Å². The fraction of sp³-hybridized carbons (Fsp3) is 0.360. The third kappa shape index (κ3) is 8.06. The SMILES string of the molecule is CCOc1cc(/C=N\NC(=O)C(=O)NCc2ccc(C)cc2)cc(Br)c1OCC(=O)N1CCOCC1. The van der Waals surface area contributed by atoms with Gasteiger partial charge in [0, 0.05) is 19.6 Å². The average molecular weight is 561 g/mol. The molecule has 2 aromatic carbocycles. The van der Waals surface area contributed by atoms with E-state index in [0.29, 0.717) is 54.4 Å². The number of morpholine rings is 1. The number of aryl methyl sites for hydroxylation is 1. The van der Waals surface area contributed by atoms with Gasteiger partial charge in [0.25, 0.3) is 5.91 Å². The highest BCUT2D eigenvalue weighted by atomic mass is 79.9. The molecule has 36 heavy (non-hydrogen) atoms. The van der Waals surface area contributed by atoms with Crippen LogP contribution in [0.3, 0.4) is 0 Å². The highest BCUT2D eigenvalue weighted by Crippen LogP contribution is 2.36. The summed E-state index contributed by atoms with van der Waals surface area (Å²) in [5.74, 6) is -1.02. The molecule has 0 saturated carbocycles. The number of nitrogens with zero attached hydrogens (tertiary/aromatic N) is 2. The fourth-order valence-electron chi connectivity index (χ4n) is 3.29. The molecule has 1 aliphatic rings. The van der Waals surface area contributed by atoms with Crippen molar-refractivity contribution < 1.29 is 28.6 Å². The number of hydrazone groups is 1. The van der Waals surface area contributed by atoms with Gasteiger partial charge in [0.2, 0.25) is 0 Å². The molecule has 2 N–H and O–H groups in total. The normalized spacial score (nSPS) is 13.4. The Balaban J connectivity index is 1.56. The maximum atomic E-state index is 12.4. The summed E-state index contributed by atoms with van der Waals surface area (Å²) in [5, 5.41) is 6.41. The second kappa shape index (κ2) is 13.6. The molecule has 0 atom stereocenters. The van der Waals surface area contributed by atoms with Gasteiger partial charge in [-0.05, 0) is 53.0 Å². The lowest BCUT2D eigenvalue weighted by Crippen LogP contribution is -2.43. The van der Waals surface area contributed by atoms with Crippen molar-refractivity contribution >= 4 is 39.9 Å². The van der Waals surface area contributed by atoms with Crippen LogP contribution >= 0.6 is 15.9 Å². The molecular weight excluding hydrogens is 532 g/mol. The van der Waals surface area contributed by atoms with Gasteiger partial charge in [-0.15, -0.1) is 0 Å². The smallest absolute Gasteiger partial charge is 0.329 e. The Kier molecular flexibility index (Phi) is 10.3. The van der Waals surface area contributed by atoms with Crippen LogP contribution in [-0.2, 0) is 25.7 Å². The molecule has 0 spiro atoms. The van der Waals surface area contributed by atoms with Crippen molar-refractivity contribution in [2.75, 3.05) is 39.5 Å². The van der Waals surface area contributed by atoms with Gasteiger partial charge in [0.15, 0.2) is 18.1 Å². The number of benzene rings is 2. The maximum absolute atomic E-state index is 12.4. The molecule has 3 amide bonds. The zero-order valence-corrected chi connectivity index (χ0v) is 21.8. The van der Waals surface area contributed by atoms with Crippen molar-refractivity contribution in [2.45, 2.75) is 20.4 Å². The van der Waals surface area contributed by atoms with Crippen molar-refractivity contribution in [1.29, 1.82) is 0 Å². The summed E-state index contributed by atoms with van der Waals surface area (Å²) < 4.78 is 17.2. The summed E-state index contributed by atoms with van der Waals surface area (Å²) in [4.78, 5) is 38.2. The zero-order valence-electron chi connectivity index (χ0n) is 20.2. The van der Waals surface area contributed by atoms with E-state index >= 15 is 0 Å². The first-order valence-corrected chi connectivity index (χ1v) is 12.3. The number of carbonyl (C=O) groups is 3. The number of rotatable bonds is 9. The Morgan fingerprint density at radius 3 is 2.53 bits per heavy atom. The number of nitrogens with one attached hydrogen (secondary N) is 2. The molecule has 192 valence electrons. The van der Waals surface area contributed by atoms with Crippen molar-refractivity contribution in [3.05, 3.63) is 57.6 Å². The van der Waals surface area contributed by atoms with Gasteiger partial charge in [0.1, 0.15) is 0 Å². The van der Waals surface area contributed by atoms with Crippen LogP contribution < -0.4 is 20.2 Å². The summed E-state index contributed by atoms with van der Waals surface area (Å²) in [6.45, 7) is 6.36. The minimum atomic E-state index is -0.885. The predicted molar refractivity (Wildman–Crippen MR) is 137 cm³/mol. The lowest BCUT2D eigenvalue weighted by Gasteiger charge is -2.27. The topological polar surface area (TPSA) is 119 Å². The van der Waals surface area contributed by atoms with Gasteiger partial charge in [-0.3, -0.25) is 14.4 Å². The monoisotopic (exact) mass is 560 g/mol. The van der Waals surface area contributed by atoms with E-state index in [9.17, 15) is 14.4 Å². The van der Waals surface area contributed by atoms with E-state index in [-0.39, 0.29) is 19.1 Å². The van der Waals surface area contributed by atoms with Crippen LogP contribution in [0.25, 0.3) is 0 Å². The quantitative estimate of drug-likeness (QED) is 0.275. The number of halogens is 1. The second-order valence-corrected chi connectivity index (χ2v) is 8.77. The Bertz CT molecular complexity index is 1100. The molecule has 1 fully saturated rings. The minimum Gasteiger partial charge on any atom is -0.490 e. The third-order valence-electron chi connectivity index (χ3n) is 5.20. The Morgan fingerprint density at radius 2 is 1.83 bits per heavy atom. The minimum absolute atomic E-state index is 0.137. The van der Waals surface area contributed by atoms with Gasteiger partial charge in [-0.2, -0.15) is 5.10 Å². The highest BCUT2D eigenvalue weighted by molar-refractivity contribution is 9.10. The van der Waals surface area contributed by atoms with Crippen LogP contribution in [0.1, 0.15) is 23.6 Å². The van der Waals surface area contributed by atoms with E-state index in [2.05, 4.69) is 31.8 Å². The lowest BCUT2D eigenvalue weighted by atomic mass is 10.1. The van der Waals surface area contributed by atoms with Crippen LogP contribution in [0, 0.1) is 6.92 Å². The van der Waals surface area contributed by atoms with E-state index in [4.69, 9.17) is 14.2 Å². The molecule has 1 aliphatic heterocycles. The largest absolute Gasteiger partial charge is 0.490 e. The van der Waals surface area contributed by atoms with Gasteiger partial charge in [-0.25, -0.2) is 5.43 Å². The average Bonchev–Trinajstić information content (AvgIpc) is 2.88. The number of ether oxygens (including phenoxy) is 3. The summed E-state index contributed by atoms with van der Waals surface area (Å²) >= 11 is 3.44. The van der Waals surface area contributed by atoms with Crippen LogP contribution in [0.4, 0.5) is 0 Å². The molecule has 0 aliphatic carbocycles. The number of carbonyl (C=O) groups excluding carboxylic acids is 3. The molecule has 3 rings (SSSR count). The zero-order chi connectivity index (χ0) is 25.9. The van der Waals surface area contributed by atoms with Crippen LogP contribution in [-0.4, -0.2) is 68.4 Å². The molecule has 11 heteroatoms. The molecule has 1 saturated heterocycles. The number of hydrogen-bond acceptors (Lipinski definition) is 7. The molecule has 0 radical (unpaired) electrons. The first kappa shape index (κ1) is 27.2. The maximum Gasteiger partial charge on any atom is 0.329 e. The van der Waals surface area contributed by atoms with Crippen molar-refractivity contribution in [3.63, 3.8) is 0 Å². The summed E-state index contributed by atoms with van der Waals surface area (Å²) in [6, 6.07) is 11.0. The molecular formula is C25H29BrN4O6. The Morgan fingerprint density at radius 1 is 1.11 bits per heavy atom. The molecule has 1 heterocycles. The van der Waals surface area contributed by atoms with Crippen LogP contribution in [0.15, 0.2) is 46.0 Å². The first-order chi connectivity index (χ1) is 17.4. The van der Waals surface area contributed by atoms with Crippen LogP contribution in [0.2, 0.25) is 0 Å². The van der Waals surface area contributed by atoms with E-state index in [0.717, 1.165) is 11.1 Å². The molecule has 2 aromatic rings. The van der Waals surface area contributed by atoms with Crippen molar-refractivity contribution in [2.24, 2.45) is 5.10 Å². The van der Waals surface area contributed by atoms with Gasteiger partial charge in [-0.1, -0.05) is 29.8 Å². The standard InChI is InChI=1S/C25H29BrN4O6/c1-3-35-21-13-19(12-20(26)23(21)36-16-22(31)30-8-10-34-11-9-30)15-28-29-25(33)24(32)27-14-18-6-4-17(2)5-7-18/h4-7,12-13,15H,3,8-11,14,16H2,1-2H3,(H,27,32)(H,29,33)/b28-15-. The summed E-state index contributed by atoms with van der Waals surface area (Å²) in [5.41, 5.74) is 4.78. The van der Waals surface area contributed by atoms with Crippen molar-refractivity contribution in [3.8, 4) is 11.5 Å². The van der Waals surface area contributed by atoms with E-state index < -0.39 is 11.8 Å². The summed E-state index contributed by atoms with van der Waals surface area (Å²) in [6.07, 6.45) is 1.38. The number of amides is 3. The van der Waals surface area contributed by atoms with Gasteiger partial charge in [0.05, 0.1) is 30.5 Å². The van der Waals surface area contributed by atoms with E-state index in [1.165, 1.54) is 6.21 Å². The highest BCUT2D eigenvalue weighted by Gasteiger charge is 2.19. The van der Waals surface area contributed by atoms with Crippen LogP contribution in [0.5, 0.6) is 11.5 Å². The third-order valence-corrected chi connectivity index (χ3v) is 5.78. The van der Waals surface area contributed by atoms with E-state index in [1.807, 2.05) is 38.1 Å². The molecule has 0 aromatic heterocycles. The molecule has 0 unspecified atom stereocenters. The summed E-state index contributed by atoms with van der Waals surface area (Å²) in [7, 11) is 0.